The molecule has 0 bridgehead atoms. The zero-order valence-corrected chi connectivity index (χ0v) is 11.8. The largest absolute Gasteiger partial charge is 0.449 e. The Labute approximate surface area is 112 Å². The maximum absolute atomic E-state index is 11.7. The molecule has 0 unspecified atom stereocenters. The van der Waals surface area contributed by atoms with Gasteiger partial charge < -0.3 is 10.5 Å². The van der Waals surface area contributed by atoms with Crippen molar-refractivity contribution in [2.24, 2.45) is 0 Å². The topological polar surface area (TPSA) is 111 Å². The summed E-state index contributed by atoms with van der Waals surface area (Å²) in [5, 5.41) is 0. The van der Waals surface area contributed by atoms with Gasteiger partial charge in [0.25, 0.3) is 0 Å². The quantitative estimate of drug-likeness (QED) is 0.723. The highest BCUT2D eigenvalue weighted by Crippen LogP contribution is 2.23. The van der Waals surface area contributed by atoms with Crippen LogP contribution in [0.4, 0.5) is 16.2 Å². The molecular formula is C11H17N3O4S. The van der Waals surface area contributed by atoms with Crippen LogP contribution < -0.4 is 15.2 Å². The van der Waals surface area contributed by atoms with Gasteiger partial charge in [0.1, 0.15) is 0 Å². The second-order valence-electron chi connectivity index (χ2n) is 3.95. The normalized spacial score (nSPS) is 10.9. The minimum Gasteiger partial charge on any atom is -0.449 e. The molecule has 0 radical (unpaired) electrons. The van der Waals surface area contributed by atoms with Crippen molar-refractivity contribution >= 4 is 27.7 Å². The number of hydrogen-bond donors (Lipinski definition) is 3. The van der Waals surface area contributed by atoms with Crippen LogP contribution in [0.25, 0.3) is 0 Å². The summed E-state index contributed by atoms with van der Waals surface area (Å²) in [6.45, 7) is 5.33. The summed E-state index contributed by atoms with van der Waals surface area (Å²) in [5.41, 5.74) is 8.02. The van der Waals surface area contributed by atoms with Gasteiger partial charge in [-0.15, -0.1) is 0 Å². The van der Waals surface area contributed by atoms with E-state index in [1.807, 2.05) is 13.8 Å². The summed E-state index contributed by atoms with van der Waals surface area (Å²) in [5.74, 6) is 0. The highest BCUT2D eigenvalue weighted by Gasteiger charge is 2.16. The molecule has 4 N–H and O–H groups in total. The van der Waals surface area contributed by atoms with Gasteiger partial charge in [0.2, 0.25) is 0 Å². The Kier molecular flexibility index (Phi) is 4.60. The number of ether oxygens (including phenoxy) is 1. The molecular weight excluding hydrogens is 270 g/mol. The van der Waals surface area contributed by atoms with E-state index in [1.165, 1.54) is 0 Å². The van der Waals surface area contributed by atoms with Crippen LogP contribution in [0.5, 0.6) is 0 Å². The molecule has 1 amide bonds. The number of anilines is 2. The molecule has 1 aromatic rings. The maximum atomic E-state index is 11.7. The fourth-order valence-electron chi connectivity index (χ4n) is 1.37. The first-order valence-electron chi connectivity index (χ1n) is 5.59. The lowest BCUT2D eigenvalue weighted by Gasteiger charge is -2.13. The van der Waals surface area contributed by atoms with E-state index < -0.39 is 16.3 Å². The first-order valence-corrected chi connectivity index (χ1v) is 7.07. The minimum absolute atomic E-state index is 0.0765. The van der Waals surface area contributed by atoms with E-state index in [9.17, 15) is 13.2 Å². The van der Waals surface area contributed by atoms with Gasteiger partial charge >= 0.3 is 16.3 Å². The van der Waals surface area contributed by atoms with Crippen molar-refractivity contribution in [1.82, 2.24) is 4.72 Å². The number of benzene rings is 1. The van der Waals surface area contributed by atoms with Gasteiger partial charge in [-0.25, -0.2) is 9.52 Å². The number of rotatable bonds is 4. The summed E-state index contributed by atoms with van der Waals surface area (Å²) in [4.78, 5) is 11.1. The minimum atomic E-state index is -4.06. The number of aryl methyl sites for hydroxylation is 2. The molecule has 0 saturated heterocycles. The Bertz CT molecular complexity index is 584. The molecule has 0 aromatic heterocycles. The highest BCUT2D eigenvalue weighted by molar-refractivity contribution is 7.91. The first-order chi connectivity index (χ1) is 8.75. The molecule has 106 valence electrons. The van der Waals surface area contributed by atoms with Crippen LogP contribution in [0.15, 0.2) is 12.1 Å². The van der Waals surface area contributed by atoms with E-state index in [2.05, 4.69) is 9.46 Å². The zero-order valence-electron chi connectivity index (χ0n) is 11.0. The predicted molar refractivity (Wildman–Crippen MR) is 73.0 cm³/mol. The zero-order chi connectivity index (χ0) is 14.6. The van der Waals surface area contributed by atoms with E-state index >= 15 is 0 Å². The van der Waals surface area contributed by atoms with Crippen molar-refractivity contribution in [3.05, 3.63) is 23.3 Å². The van der Waals surface area contributed by atoms with Crippen LogP contribution in [0, 0.1) is 13.8 Å². The predicted octanol–water partition coefficient (Wildman–Crippen LogP) is 1.29. The fourth-order valence-corrected chi connectivity index (χ4v) is 2.16. The third-order valence-corrected chi connectivity index (χ3v) is 3.33. The average molecular weight is 287 g/mol. The molecule has 0 aliphatic rings. The van der Waals surface area contributed by atoms with Crippen molar-refractivity contribution in [2.75, 3.05) is 17.1 Å². The number of carbonyl (C=O) groups is 1. The average Bonchev–Trinajstić information content (AvgIpc) is 2.24. The molecule has 0 saturated carbocycles. The van der Waals surface area contributed by atoms with E-state index in [-0.39, 0.29) is 18.0 Å². The van der Waals surface area contributed by atoms with Crippen LogP contribution in [-0.4, -0.2) is 21.1 Å². The Morgan fingerprint density at radius 1 is 1.32 bits per heavy atom. The van der Waals surface area contributed by atoms with Gasteiger partial charge in [0, 0.05) is 0 Å². The van der Waals surface area contributed by atoms with E-state index in [4.69, 9.17) is 5.73 Å². The number of nitrogens with one attached hydrogen (secondary N) is 2. The Morgan fingerprint density at radius 3 is 2.47 bits per heavy atom. The van der Waals surface area contributed by atoms with Gasteiger partial charge in [-0.2, -0.15) is 8.42 Å². The second-order valence-corrected chi connectivity index (χ2v) is 5.37. The molecule has 0 atom stereocenters. The molecule has 0 fully saturated rings. The van der Waals surface area contributed by atoms with Gasteiger partial charge in [0.05, 0.1) is 18.0 Å². The standard InChI is InChI=1S/C11H17N3O4S/c1-4-18-11(15)14-19(16,17)13-10-6-8(3)7(2)5-9(10)12/h5-6,13H,4,12H2,1-3H3,(H,14,15). The van der Waals surface area contributed by atoms with Crippen LogP contribution in [0.2, 0.25) is 0 Å². The van der Waals surface area contributed by atoms with Crippen molar-refractivity contribution in [2.45, 2.75) is 20.8 Å². The van der Waals surface area contributed by atoms with Gasteiger partial charge in [-0.05, 0) is 44.0 Å². The summed E-state index contributed by atoms with van der Waals surface area (Å²) < 4.78 is 31.7. The Hall–Kier alpha value is -1.96. The molecule has 0 aliphatic heterocycles. The van der Waals surface area contributed by atoms with Crippen molar-refractivity contribution < 1.29 is 17.9 Å². The monoisotopic (exact) mass is 287 g/mol. The number of nitrogens with two attached hydrogens (primary N) is 1. The lowest BCUT2D eigenvalue weighted by Crippen LogP contribution is -2.35. The van der Waals surface area contributed by atoms with Gasteiger partial charge in [-0.1, -0.05) is 0 Å². The fraction of sp³-hybridized carbons (Fsp3) is 0.364. The molecule has 8 heteroatoms. The maximum Gasteiger partial charge on any atom is 0.422 e. The number of nitrogen functional groups attached to an aromatic ring is 1. The molecule has 1 aromatic carbocycles. The second kappa shape index (κ2) is 5.79. The van der Waals surface area contributed by atoms with Crippen LogP contribution in [0.1, 0.15) is 18.1 Å². The van der Waals surface area contributed by atoms with Crippen molar-refractivity contribution in [3.63, 3.8) is 0 Å². The highest BCUT2D eigenvalue weighted by atomic mass is 32.2. The third kappa shape index (κ3) is 4.32. The lowest BCUT2D eigenvalue weighted by atomic mass is 10.1. The lowest BCUT2D eigenvalue weighted by molar-refractivity contribution is 0.159. The Morgan fingerprint density at radius 2 is 1.89 bits per heavy atom. The number of hydrogen-bond acceptors (Lipinski definition) is 5. The van der Waals surface area contributed by atoms with Gasteiger partial charge in [-0.3, -0.25) is 4.72 Å². The Balaban J connectivity index is 2.90. The SMILES string of the molecule is CCOC(=O)NS(=O)(=O)Nc1cc(C)c(C)cc1N. The van der Waals surface area contributed by atoms with Crippen LogP contribution in [-0.2, 0) is 14.9 Å². The first kappa shape index (κ1) is 15.1. The molecule has 19 heavy (non-hydrogen) atoms. The molecule has 1 rings (SSSR count). The summed E-state index contributed by atoms with van der Waals surface area (Å²) in [6.07, 6.45) is -1.04. The van der Waals surface area contributed by atoms with Crippen molar-refractivity contribution in [1.29, 1.82) is 0 Å². The summed E-state index contributed by atoms with van der Waals surface area (Å²) in [6, 6.07) is 3.24. The molecule has 0 aliphatic carbocycles. The van der Waals surface area contributed by atoms with E-state index in [1.54, 1.807) is 23.8 Å². The van der Waals surface area contributed by atoms with Crippen LogP contribution >= 0.6 is 0 Å². The third-order valence-electron chi connectivity index (χ3n) is 2.40. The van der Waals surface area contributed by atoms with Gasteiger partial charge in [0.15, 0.2) is 0 Å². The summed E-state index contributed by atoms with van der Waals surface area (Å²) >= 11 is 0. The smallest absolute Gasteiger partial charge is 0.422 e. The van der Waals surface area contributed by atoms with Crippen LogP contribution in [0.3, 0.4) is 0 Å². The van der Waals surface area contributed by atoms with Crippen molar-refractivity contribution in [3.8, 4) is 0 Å². The summed E-state index contributed by atoms with van der Waals surface area (Å²) in [7, 11) is -4.06. The van der Waals surface area contributed by atoms with E-state index in [0.29, 0.717) is 0 Å². The molecule has 7 nitrogen and oxygen atoms in total. The number of carbonyl (C=O) groups excluding carboxylic acids is 1. The molecule has 0 spiro atoms. The molecule has 0 heterocycles. The number of amides is 1. The van der Waals surface area contributed by atoms with E-state index in [0.717, 1.165) is 11.1 Å².